The molecule has 1 aromatic carbocycles. The molecule has 0 atom stereocenters. The van der Waals surface area contributed by atoms with Crippen molar-refractivity contribution in [3.63, 3.8) is 0 Å². The van der Waals surface area contributed by atoms with Crippen molar-refractivity contribution in [2.75, 3.05) is 5.32 Å². The summed E-state index contributed by atoms with van der Waals surface area (Å²) in [6, 6.07) is 7.50. The summed E-state index contributed by atoms with van der Waals surface area (Å²) in [5.74, 6) is 0. The van der Waals surface area contributed by atoms with Gasteiger partial charge in [-0.05, 0) is 29.9 Å². The van der Waals surface area contributed by atoms with Gasteiger partial charge in [-0.25, -0.2) is 4.98 Å². The van der Waals surface area contributed by atoms with E-state index in [1.165, 1.54) is 11.3 Å². The van der Waals surface area contributed by atoms with E-state index in [9.17, 15) is 0 Å². The summed E-state index contributed by atoms with van der Waals surface area (Å²) in [4.78, 5) is 7.99. The van der Waals surface area contributed by atoms with Crippen LogP contribution in [0.1, 0.15) is 5.56 Å². The van der Waals surface area contributed by atoms with Crippen molar-refractivity contribution < 1.29 is 5.11 Å². The molecule has 86 valence electrons. The maximum absolute atomic E-state index is 9.03. The Labute approximate surface area is 108 Å². The summed E-state index contributed by atoms with van der Waals surface area (Å²) >= 11 is 5.91. The summed E-state index contributed by atoms with van der Waals surface area (Å²) in [5.41, 5.74) is 1.73. The fourth-order valence-corrected chi connectivity index (χ4v) is 2.12. The van der Waals surface area contributed by atoms with Gasteiger partial charge in [0.05, 0.1) is 18.0 Å². The molecule has 1 aromatic heterocycles. The molecule has 0 radical (unpaired) electrons. The Hall–Kier alpha value is -1.59. The van der Waals surface area contributed by atoms with Crippen molar-refractivity contribution in [1.29, 1.82) is 0 Å². The highest BCUT2D eigenvalue weighted by molar-refractivity contribution is 7.78. The van der Waals surface area contributed by atoms with Gasteiger partial charge in [-0.1, -0.05) is 23.5 Å². The standard InChI is InChI=1S/C11H9N3OS2/c15-6-8-2-1-3-9(4-8)14-11-12-5-10(17-11)13-7-16/h1-5,15H,6H2,(H,12,14). The highest BCUT2D eigenvalue weighted by Gasteiger charge is 2.01. The SMILES string of the molecule is OCc1cccc(Nc2ncc(N=C=S)s2)c1. The summed E-state index contributed by atoms with van der Waals surface area (Å²) in [7, 11) is 0. The topological polar surface area (TPSA) is 57.5 Å². The number of aliphatic hydroxyl groups excluding tert-OH is 1. The van der Waals surface area contributed by atoms with Crippen molar-refractivity contribution in [2.45, 2.75) is 6.61 Å². The number of nitrogens with one attached hydrogen (secondary N) is 1. The minimum atomic E-state index is 0.0217. The molecule has 0 saturated carbocycles. The number of thiazole rings is 1. The molecule has 0 saturated heterocycles. The molecule has 0 bridgehead atoms. The molecule has 0 aliphatic rings. The fourth-order valence-electron chi connectivity index (χ4n) is 1.29. The van der Waals surface area contributed by atoms with Crippen molar-refractivity contribution in [3.05, 3.63) is 36.0 Å². The van der Waals surface area contributed by atoms with Crippen LogP contribution in [0.3, 0.4) is 0 Å². The zero-order valence-corrected chi connectivity index (χ0v) is 10.4. The predicted molar refractivity (Wildman–Crippen MR) is 72.4 cm³/mol. The van der Waals surface area contributed by atoms with Crippen LogP contribution in [-0.4, -0.2) is 15.3 Å². The van der Waals surface area contributed by atoms with Crippen LogP contribution in [0.25, 0.3) is 0 Å². The van der Waals surface area contributed by atoms with Crippen LogP contribution in [0, 0.1) is 0 Å². The third-order valence-corrected chi connectivity index (χ3v) is 2.91. The molecule has 2 aromatic rings. The van der Waals surface area contributed by atoms with E-state index in [-0.39, 0.29) is 6.61 Å². The van der Waals surface area contributed by atoms with E-state index in [1.807, 2.05) is 24.3 Å². The van der Waals surface area contributed by atoms with Crippen LogP contribution >= 0.6 is 23.6 Å². The van der Waals surface area contributed by atoms with Crippen LogP contribution in [0.15, 0.2) is 35.5 Å². The molecule has 2 rings (SSSR count). The lowest BCUT2D eigenvalue weighted by atomic mass is 10.2. The van der Waals surface area contributed by atoms with Gasteiger partial charge in [0, 0.05) is 5.69 Å². The zero-order valence-electron chi connectivity index (χ0n) is 8.75. The number of rotatable bonds is 4. The zero-order chi connectivity index (χ0) is 12.1. The molecule has 0 spiro atoms. The van der Waals surface area contributed by atoms with Gasteiger partial charge >= 0.3 is 0 Å². The largest absolute Gasteiger partial charge is 0.392 e. The van der Waals surface area contributed by atoms with Crippen molar-refractivity contribution >= 4 is 44.5 Å². The molecule has 0 unspecified atom stereocenters. The summed E-state index contributed by atoms with van der Waals surface area (Å²) in [6.45, 7) is 0.0217. The van der Waals surface area contributed by atoms with E-state index in [2.05, 4.69) is 32.7 Å². The normalized spacial score (nSPS) is 9.71. The maximum atomic E-state index is 9.03. The minimum Gasteiger partial charge on any atom is -0.392 e. The quantitative estimate of drug-likeness (QED) is 0.657. The lowest BCUT2D eigenvalue weighted by molar-refractivity contribution is 0.282. The van der Waals surface area contributed by atoms with Crippen LogP contribution in [0.4, 0.5) is 15.8 Å². The van der Waals surface area contributed by atoms with Crippen LogP contribution < -0.4 is 5.32 Å². The van der Waals surface area contributed by atoms with E-state index >= 15 is 0 Å². The maximum Gasteiger partial charge on any atom is 0.189 e. The van der Waals surface area contributed by atoms with Crippen LogP contribution in [-0.2, 0) is 6.61 Å². The molecule has 2 N–H and O–H groups in total. The van der Waals surface area contributed by atoms with Crippen LogP contribution in [0.2, 0.25) is 0 Å². The van der Waals surface area contributed by atoms with E-state index in [0.29, 0.717) is 5.00 Å². The molecule has 6 heteroatoms. The van der Waals surface area contributed by atoms with Gasteiger partial charge in [-0.15, -0.1) is 0 Å². The first-order valence-electron chi connectivity index (χ1n) is 4.82. The van der Waals surface area contributed by atoms with Gasteiger partial charge in [0.25, 0.3) is 0 Å². The average molecular weight is 263 g/mol. The molecule has 0 aliphatic carbocycles. The lowest BCUT2D eigenvalue weighted by Gasteiger charge is -2.03. The predicted octanol–water partition coefficient (Wildman–Crippen LogP) is 3.11. The Morgan fingerprint density at radius 1 is 1.53 bits per heavy atom. The minimum absolute atomic E-state index is 0.0217. The first kappa shape index (κ1) is 11.9. The van der Waals surface area contributed by atoms with Gasteiger partial charge in [0.2, 0.25) is 0 Å². The average Bonchev–Trinajstić information content (AvgIpc) is 2.77. The molecule has 0 aliphatic heterocycles. The Bertz CT molecular complexity index is 561. The number of aromatic nitrogens is 1. The van der Waals surface area contributed by atoms with Crippen molar-refractivity contribution in [1.82, 2.24) is 4.98 Å². The molecular formula is C11H9N3OS2. The number of hydrogen-bond donors (Lipinski definition) is 2. The summed E-state index contributed by atoms with van der Waals surface area (Å²) in [6.07, 6.45) is 1.63. The van der Waals surface area contributed by atoms with Gasteiger partial charge < -0.3 is 10.4 Å². The third-order valence-electron chi connectivity index (χ3n) is 2.01. The van der Waals surface area contributed by atoms with Gasteiger partial charge in [0.1, 0.15) is 5.00 Å². The second-order valence-corrected chi connectivity index (χ2v) is 4.38. The summed E-state index contributed by atoms with van der Waals surface area (Å²) < 4.78 is 0. The molecule has 0 amide bonds. The Balaban J connectivity index is 2.16. The second-order valence-electron chi connectivity index (χ2n) is 3.19. The lowest BCUT2D eigenvalue weighted by Crippen LogP contribution is -1.90. The fraction of sp³-hybridized carbons (Fsp3) is 0.0909. The van der Waals surface area contributed by atoms with E-state index in [4.69, 9.17) is 5.11 Å². The molecule has 0 fully saturated rings. The third kappa shape index (κ3) is 3.18. The van der Waals surface area contributed by atoms with Gasteiger partial charge in [-0.2, -0.15) is 4.99 Å². The van der Waals surface area contributed by atoms with Crippen molar-refractivity contribution in [2.24, 2.45) is 4.99 Å². The van der Waals surface area contributed by atoms with E-state index in [1.54, 1.807) is 6.20 Å². The number of aliphatic hydroxyl groups is 1. The Morgan fingerprint density at radius 2 is 2.41 bits per heavy atom. The Kier molecular flexibility index (Phi) is 3.95. The Morgan fingerprint density at radius 3 is 3.18 bits per heavy atom. The highest BCUT2D eigenvalue weighted by atomic mass is 32.1. The number of nitrogens with zero attached hydrogens (tertiary/aromatic N) is 2. The molecule has 1 heterocycles. The smallest absolute Gasteiger partial charge is 0.189 e. The first-order chi connectivity index (χ1) is 8.31. The first-order valence-corrected chi connectivity index (χ1v) is 6.05. The highest BCUT2D eigenvalue weighted by Crippen LogP contribution is 2.28. The number of isothiocyanates is 1. The number of anilines is 2. The van der Waals surface area contributed by atoms with Crippen molar-refractivity contribution in [3.8, 4) is 0 Å². The molecular weight excluding hydrogens is 254 g/mol. The summed E-state index contributed by atoms with van der Waals surface area (Å²) in [5, 5.41) is 15.9. The monoisotopic (exact) mass is 263 g/mol. The number of hydrogen-bond acceptors (Lipinski definition) is 6. The van der Waals surface area contributed by atoms with Crippen LogP contribution in [0.5, 0.6) is 0 Å². The number of benzene rings is 1. The van der Waals surface area contributed by atoms with E-state index < -0.39 is 0 Å². The van der Waals surface area contributed by atoms with Gasteiger partial charge in [-0.3, -0.25) is 0 Å². The number of aliphatic imine (C=N–C) groups is 1. The molecule has 4 nitrogen and oxygen atoms in total. The molecule has 17 heavy (non-hydrogen) atoms. The van der Waals surface area contributed by atoms with E-state index in [0.717, 1.165) is 16.4 Å². The number of thiocarbonyl (C=S) groups is 1. The van der Waals surface area contributed by atoms with Gasteiger partial charge in [0.15, 0.2) is 5.13 Å². The second kappa shape index (κ2) is 5.65.